The maximum atomic E-state index is 5.93. The summed E-state index contributed by atoms with van der Waals surface area (Å²) in [5.41, 5.74) is 6.29. The van der Waals surface area contributed by atoms with Crippen LogP contribution in [0.1, 0.15) is 46.5 Å². The van der Waals surface area contributed by atoms with Crippen molar-refractivity contribution in [2.75, 3.05) is 7.05 Å². The highest BCUT2D eigenvalue weighted by Gasteiger charge is 2.32. The number of hydrogen-bond acceptors (Lipinski definition) is 2. The van der Waals surface area contributed by atoms with Crippen LogP contribution >= 0.6 is 0 Å². The van der Waals surface area contributed by atoms with Crippen molar-refractivity contribution in [2.45, 2.75) is 58.5 Å². The average molecular weight is 198 g/mol. The fourth-order valence-electron chi connectivity index (χ4n) is 2.85. The molecule has 0 aliphatic heterocycles. The molecule has 0 amide bonds. The minimum absolute atomic E-state index is 0.362. The fraction of sp³-hybridized carbons (Fsp3) is 1.00. The van der Waals surface area contributed by atoms with Crippen LogP contribution in [0, 0.1) is 11.3 Å². The summed E-state index contributed by atoms with van der Waals surface area (Å²) in [6.07, 6.45) is 5.01. The molecule has 0 aromatic heterocycles. The van der Waals surface area contributed by atoms with Gasteiger partial charge in [-0.1, -0.05) is 20.8 Å². The van der Waals surface area contributed by atoms with E-state index in [1.165, 1.54) is 25.7 Å². The molecule has 2 heteroatoms. The number of rotatable bonds is 2. The number of nitrogens with one attached hydrogen (secondary N) is 1. The third-order valence-electron chi connectivity index (χ3n) is 3.53. The lowest BCUT2D eigenvalue weighted by molar-refractivity contribution is 0.159. The minimum atomic E-state index is 0.362. The minimum Gasteiger partial charge on any atom is -0.328 e. The van der Waals surface area contributed by atoms with Crippen molar-refractivity contribution in [1.82, 2.24) is 5.32 Å². The first-order chi connectivity index (χ1) is 6.45. The molecule has 3 N–H and O–H groups in total. The van der Waals surface area contributed by atoms with Crippen LogP contribution in [0.25, 0.3) is 0 Å². The molecule has 0 bridgehead atoms. The van der Waals surface area contributed by atoms with Crippen molar-refractivity contribution >= 4 is 0 Å². The molecule has 1 rings (SSSR count). The van der Waals surface area contributed by atoms with E-state index in [9.17, 15) is 0 Å². The van der Waals surface area contributed by atoms with Gasteiger partial charge in [-0.15, -0.1) is 0 Å². The Morgan fingerprint density at radius 3 is 2.00 bits per heavy atom. The Balaban J connectivity index is 2.54. The van der Waals surface area contributed by atoms with E-state index in [4.69, 9.17) is 5.73 Å². The van der Waals surface area contributed by atoms with E-state index < -0.39 is 0 Å². The van der Waals surface area contributed by atoms with Crippen molar-refractivity contribution in [3.8, 4) is 0 Å². The maximum Gasteiger partial charge on any atom is 0.0141 e. The van der Waals surface area contributed by atoms with Gasteiger partial charge in [0.1, 0.15) is 0 Å². The summed E-state index contributed by atoms with van der Waals surface area (Å²) in [5.74, 6) is 0.819. The quantitative estimate of drug-likeness (QED) is 0.713. The molecular formula is C12H26N2. The summed E-state index contributed by atoms with van der Waals surface area (Å²) in [4.78, 5) is 0. The zero-order valence-electron chi connectivity index (χ0n) is 10.1. The molecule has 0 spiro atoms. The second-order valence-electron chi connectivity index (χ2n) is 5.81. The first-order valence-corrected chi connectivity index (χ1v) is 5.88. The summed E-state index contributed by atoms with van der Waals surface area (Å²) in [7, 11) is 2.09. The van der Waals surface area contributed by atoms with Gasteiger partial charge in [0, 0.05) is 12.1 Å². The molecular weight excluding hydrogens is 172 g/mol. The third-order valence-corrected chi connectivity index (χ3v) is 3.53. The van der Waals surface area contributed by atoms with Gasteiger partial charge in [-0.3, -0.25) is 0 Å². The van der Waals surface area contributed by atoms with Gasteiger partial charge in [-0.05, 0) is 44.1 Å². The second kappa shape index (κ2) is 4.63. The van der Waals surface area contributed by atoms with Crippen molar-refractivity contribution < 1.29 is 0 Å². The highest BCUT2D eigenvalue weighted by Crippen LogP contribution is 2.34. The molecule has 0 aromatic carbocycles. The lowest BCUT2D eigenvalue weighted by Gasteiger charge is -2.40. The van der Waals surface area contributed by atoms with Crippen molar-refractivity contribution in [2.24, 2.45) is 17.1 Å². The molecule has 1 unspecified atom stereocenters. The first-order valence-electron chi connectivity index (χ1n) is 5.88. The average Bonchev–Trinajstić information content (AvgIpc) is 2.07. The smallest absolute Gasteiger partial charge is 0.0141 e. The molecule has 0 heterocycles. The highest BCUT2D eigenvalue weighted by atomic mass is 14.9. The zero-order chi connectivity index (χ0) is 10.8. The molecule has 1 aliphatic rings. The monoisotopic (exact) mass is 198 g/mol. The Morgan fingerprint density at radius 1 is 1.14 bits per heavy atom. The predicted molar refractivity (Wildman–Crippen MR) is 62.2 cm³/mol. The van der Waals surface area contributed by atoms with Crippen molar-refractivity contribution in [1.29, 1.82) is 0 Å². The number of hydrogen-bond donors (Lipinski definition) is 2. The van der Waals surface area contributed by atoms with Gasteiger partial charge in [0.25, 0.3) is 0 Å². The topological polar surface area (TPSA) is 38.0 Å². The number of nitrogens with two attached hydrogens (primary N) is 1. The Bertz CT molecular complexity index is 164. The Kier molecular flexibility index (Phi) is 3.96. The first kappa shape index (κ1) is 12.0. The van der Waals surface area contributed by atoms with Gasteiger partial charge in [0.15, 0.2) is 0 Å². The van der Waals surface area contributed by atoms with Gasteiger partial charge in [0.05, 0.1) is 0 Å². The van der Waals surface area contributed by atoms with Gasteiger partial charge >= 0.3 is 0 Å². The van der Waals surface area contributed by atoms with Crippen LogP contribution in [0.15, 0.2) is 0 Å². The largest absolute Gasteiger partial charge is 0.328 e. The molecule has 14 heavy (non-hydrogen) atoms. The standard InChI is InChI=1S/C12H26N2/c1-12(2,3)11(14-4)9-5-7-10(13)8-6-9/h9-11,14H,5-8,13H2,1-4H3. The van der Waals surface area contributed by atoms with E-state index in [1.807, 2.05) is 0 Å². The Morgan fingerprint density at radius 2 is 1.64 bits per heavy atom. The second-order valence-corrected chi connectivity index (χ2v) is 5.81. The van der Waals surface area contributed by atoms with E-state index in [-0.39, 0.29) is 0 Å². The summed E-state index contributed by atoms with van der Waals surface area (Å²) in [6, 6.07) is 1.10. The van der Waals surface area contributed by atoms with Gasteiger partial charge in [-0.25, -0.2) is 0 Å². The lowest BCUT2D eigenvalue weighted by Crippen LogP contribution is -2.46. The maximum absolute atomic E-state index is 5.93. The van der Waals surface area contributed by atoms with E-state index >= 15 is 0 Å². The molecule has 0 saturated heterocycles. The summed E-state index contributed by atoms with van der Waals surface area (Å²) in [6.45, 7) is 6.97. The SMILES string of the molecule is CNC(C1CCC(N)CC1)C(C)(C)C. The van der Waals surface area contributed by atoms with E-state index in [2.05, 4.69) is 33.1 Å². The van der Waals surface area contributed by atoms with Crippen molar-refractivity contribution in [3.63, 3.8) is 0 Å². The molecule has 1 aliphatic carbocycles. The lowest BCUT2D eigenvalue weighted by atomic mass is 9.72. The summed E-state index contributed by atoms with van der Waals surface area (Å²) >= 11 is 0. The molecule has 1 fully saturated rings. The van der Waals surface area contributed by atoms with Gasteiger partial charge in [-0.2, -0.15) is 0 Å². The zero-order valence-corrected chi connectivity index (χ0v) is 10.1. The molecule has 0 radical (unpaired) electrons. The van der Waals surface area contributed by atoms with E-state index in [0.29, 0.717) is 17.5 Å². The van der Waals surface area contributed by atoms with E-state index in [0.717, 1.165) is 5.92 Å². The van der Waals surface area contributed by atoms with Crippen LogP contribution in [0.5, 0.6) is 0 Å². The van der Waals surface area contributed by atoms with Crippen molar-refractivity contribution in [3.05, 3.63) is 0 Å². The summed E-state index contributed by atoms with van der Waals surface area (Å²) in [5, 5.41) is 3.49. The van der Waals surface area contributed by atoms with Gasteiger partial charge in [0.2, 0.25) is 0 Å². The fourth-order valence-corrected chi connectivity index (χ4v) is 2.85. The van der Waals surface area contributed by atoms with Gasteiger partial charge < -0.3 is 11.1 Å². The molecule has 2 nitrogen and oxygen atoms in total. The Hall–Kier alpha value is -0.0800. The predicted octanol–water partition coefficient (Wildman–Crippen LogP) is 2.14. The van der Waals surface area contributed by atoms with Crippen LogP contribution in [-0.4, -0.2) is 19.1 Å². The third kappa shape index (κ3) is 2.96. The molecule has 84 valence electrons. The normalized spacial score (nSPS) is 31.5. The van der Waals surface area contributed by atoms with Crippen LogP contribution in [-0.2, 0) is 0 Å². The highest BCUT2D eigenvalue weighted by molar-refractivity contribution is 4.89. The van der Waals surface area contributed by atoms with E-state index in [1.54, 1.807) is 0 Å². The molecule has 1 atom stereocenters. The molecule has 0 aromatic rings. The summed E-state index contributed by atoms with van der Waals surface area (Å²) < 4.78 is 0. The van der Waals surface area contributed by atoms with Crippen LogP contribution in [0.4, 0.5) is 0 Å². The van der Waals surface area contributed by atoms with Crippen LogP contribution in [0.3, 0.4) is 0 Å². The molecule has 1 saturated carbocycles. The van der Waals surface area contributed by atoms with Crippen LogP contribution < -0.4 is 11.1 Å². The van der Waals surface area contributed by atoms with Crippen LogP contribution in [0.2, 0.25) is 0 Å². The Labute approximate surface area is 88.6 Å².